The van der Waals surface area contributed by atoms with Gasteiger partial charge in [-0.15, -0.1) is 0 Å². The number of fused-ring (bicyclic) bond motifs is 1. The SMILES string of the molecule is O=C(Nc1ccc(Cl)c(B(O)O)c1Cl)Oc1cccc(-c2ccc3ccc(OC(=S)Nc4cccc(B(O)O)c4Cl)cc3c2)c1. The average molecular weight is 682 g/mol. The Morgan fingerprint density at radius 3 is 2.11 bits per heavy atom. The van der Waals surface area contributed by atoms with Gasteiger partial charge >= 0.3 is 20.3 Å². The van der Waals surface area contributed by atoms with Gasteiger partial charge in [-0.05, 0) is 82.6 Å². The van der Waals surface area contributed by atoms with E-state index in [1.807, 2.05) is 36.4 Å². The van der Waals surface area contributed by atoms with Gasteiger partial charge in [-0.3, -0.25) is 5.32 Å². The minimum absolute atomic E-state index is 0.00348. The molecule has 0 radical (unpaired) electrons. The highest BCUT2D eigenvalue weighted by molar-refractivity contribution is 7.80. The Hall–Kier alpha value is -3.84. The fourth-order valence-electron chi connectivity index (χ4n) is 4.44. The van der Waals surface area contributed by atoms with Gasteiger partial charge in [-0.2, -0.15) is 0 Å². The molecule has 0 unspecified atom stereocenters. The first-order valence-corrected chi connectivity index (χ1v) is 14.6. The average Bonchev–Trinajstić information content (AvgIpc) is 2.99. The molecule has 0 spiro atoms. The summed E-state index contributed by atoms with van der Waals surface area (Å²) in [6.45, 7) is 0. The fourth-order valence-corrected chi connectivity index (χ4v) is 5.53. The van der Waals surface area contributed by atoms with Gasteiger partial charge in [-0.1, -0.05) is 77.3 Å². The molecular formula is C30H21B2Cl3N2O7S. The van der Waals surface area contributed by atoms with Gasteiger partial charge < -0.3 is 34.9 Å². The van der Waals surface area contributed by atoms with E-state index < -0.39 is 20.3 Å². The zero-order chi connectivity index (χ0) is 32.2. The van der Waals surface area contributed by atoms with Crippen LogP contribution in [0.3, 0.4) is 0 Å². The van der Waals surface area contributed by atoms with Gasteiger partial charge in [0.15, 0.2) is 0 Å². The van der Waals surface area contributed by atoms with Gasteiger partial charge in [0.25, 0.3) is 5.17 Å². The van der Waals surface area contributed by atoms with E-state index in [2.05, 4.69) is 10.6 Å². The highest BCUT2D eigenvalue weighted by atomic mass is 35.5. The molecule has 6 N–H and O–H groups in total. The summed E-state index contributed by atoms with van der Waals surface area (Å²) in [4.78, 5) is 12.6. The summed E-state index contributed by atoms with van der Waals surface area (Å²) < 4.78 is 11.3. The van der Waals surface area contributed by atoms with E-state index in [0.29, 0.717) is 11.4 Å². The quantitative estimate of drug-likeness (QED) is 0.101. The standard InChI is InChI=1S/C30H21B2Cl3N2O7S/c33-23-11-12-25(28(35)26(23)32(41)42)36-29(38)43-20-4-1-3-17(14-20)18-8-7-16-9-10-21(15-19(16)13-18)44-30(45)37-24-6-2-5-22(27(24)34)31(39)40/h1-15,39-42H,(H,36,38)(H,37,45). The largest absolute Gasteiger partial charge is 0.491 e. The number of hydrogen-bond acceptors (Lipinski definition) is 8. The third-order valence-corrected chi connectivity index (χ3v) is 7.91. The minimum Gasteiger partial charge on any atom is -0.432 e. The summed E-state index contributed by atoms with van der Waals surface area (Å²) in [6.07, 6.45) is -0.847. The summed E-state index contributed by atoms with van der Waals surface area (Å²) in [7, 11) is -3.67. The minimum atomic E-state index is -1.93. The zero-order valence-electron chi connectivity index (χ0n) is 22.9. The monoisotopic (exact) mass is 680 g/mol. The van der Waals surface area contributed by atoms with Crippen molar-refractivity contribution in [3.8, 4) is 22.6 Å². The van der Waals surface area contributed by atoms with Crippen molar-refractivity contribution in [1.29, 1.82) is 0 Å². The van der Waals surface area contributed by atoms with E-state index >= 15 is 0 Å². The van der Waals surface area contributed by atoms with Crippen molar-refractivity contribution in [3.05, 3.63) is 106 Å². The van der Waals surface area contributed by atoms with Crippen LogP contribution in [0.25, 0.3) is 21.9 Å². The molecule has 5 aromatic rings. The predicted molar refractivity (Wildman–Crippen MR) is 183 cm³/mol. The molecule has 0 bridgehead atoms. The molecule has 5 rings (SSSR count). The highest BCUT2D eigenvalue weighted by Crippen LogP contribution is 2.30. The topological polar surface area (TPSA) is 141 Å². The van der Waals surface area contributed by atoms with Crippen LogP contribution in [0.2, 0.25) is 15.1 Å². The molecule has 0 atom stereocenters. The summed E-state index contributed by atoms with van der Waals surface area (Å²) >= 11 is 23.7. The molecule has 0 saturated heterocycles. The van der Waals surface area contributed by atoms with Crippen molar-refractivity contribution in [1.82, 2.24) is 0 Å². The van der Waals surface area contributed by atoms with Gasteiger partial charge in [0.2, 0.25) is 0 Å². The van der Waals surface area contributed by atoms with Crippen LogP contribution in [-0.4, -0.2) is 45.6 Å². The number of thiocarbonyl (C=S) groups is 1. The lowest BCUT2D eigenvalue weighted by atomic mass is 9.80. The van der Waals surface area contributed by atoms with Crippen molar-refractivity contribution < 1.29 is 34.4 Å². The number of rotatable bonds is 7. The van der Waals surface area contributed by atoms with Crippen LogP contribution in [0.4, 0.5) is 16.2 Å². The van der Waals surface area contributed by atoms with E-state index in [1.54, 1.807) is 36.4 Å². The molecule has 0 fully saturated rings. The number of amides is 1. The lowest BCUT2D eigenvalue weighted by Gasteiger charge is -2.13. The van der Waals surface area contributed by atoms with Crippen molar-refractivity contribution in [3.63, 3.8) is 0 Å². The predicted octanol–water partition coefficient (Wildman–Crippen LogP) is 5.21. The van der Waals surface area contributed by atoms with Crippen molar-refractivity contribution in [2.45, 2.75) is 0 Å². The maximum Gasteiger partial charge on any atom is 0.491 e. The molecule has 0 aliphatic rings. The number of benzene rings is 5. The molecule has 1 amide bonds. The number of hydrogen-bond donors (Lipinski definition) is 6. The molecule has 0 aromatic heterocycles. The van der Waals surface area contributed by atoms with E-state index in [4.69, 9.17) is 56.5 Å². The molecule has 0 aliphatic carbocycles. The van der Waals surface area contributed by atoms with Gasteiger partial charge in [-0.25, -0.2) is 4.79 Å². The summed E-state index contributed by atoms with van der Waals surface area (Å²) in [5, 5.41) is 45.2. The number of halogens is 3. The Balaban J connectivity index is 1.30. The van der Waals surface area contributed by atoms with Crippen molar-refractivity contribution >= 4 is 106 Å². The zero-order valence-corrected chi connectivity index (χ0v) is 26.0. The number of carbonyl (C=O) groups excluding carboxylic acids is 1. The Labute approximate surface area is 278 Å². The summed E-state index contributed by atoms with van der Waals surface area (Å²) in [6, 6.07) is 25.6. The van der Waals surface area contributed by atoms with Crippen LogP contribution in [0.15, 0.2) is 91.0 Å². The van der Waals surface area contributed by atoms with E-state index in [9.17, 15) is 24.9 Å². The first-order chi connectivity index (χ1) is 21.5. The smallest absolute Gasteiger partial charge is 0.432 e. The molecule has 0 aliphatic heterocycles. The lowest BCUT2D eigenvalue weighted by Crippen LogP contribution is -2.32. The Kier molecular flexibility index (Phi) is 10.2. The van der Waals surface area contributed by atoms with Crippen LogP contribution < -0.4 is 31.0 Å². The summed E-state index contributed by atoms with van der Waals surface area (Å²) in [5.41, 5.74) is 2.03. The fraction of sp³-hybridized carbons (Fsp3) is 0. The van der Waals surface area contributed by atoms with Gasteiger partial charge in [0.1, 0.15) is 11.5 Å². The molecular weight excluding hydrogens is 660 g/mol. The first-order valence-electron chi connectivity index (χ1n) is 13.1. The lowest BCUT2D eigenvalue weighted by molar-refractivity contribution is 0.215. The number of carbonyl (C=O) groups is 1. The first kappa shape index (κ1) is 32.6. The van der Waals surface area contributed by atoms with Gasteiger partial charge in [0, 0.05) is 15.9 Å². The third kappa shape index (κ3) is 7.70. The molecule has 5 aromatic carbocycles. The van der Waals surface area contributed by atoms with E-state index in [1.165, 1.54) is 18.2 Å². The van der Waals surface area contributed by atoms with Crippen LogP contribution in [0, 0.1) is 0 Å². The second kappa shape index (κ2) is 14.1. The number of nitrogens with one attached hydrogen (secondary N) is 2. The van der Waals surface area contributed by atoms with Crippen LogP contribution in [0.5, 0.6) is 11.5 Å². The molecule has 0 heterocycles. The maximum atomic E-state index is 12.6. The number of anilines is 2. The Morgan fingerprint density at radius 2 is 1.36 bits per heavy atom. The van der Waals surface area contributed by atoms with E-state index in [-0.39, 0.29) is 42.6 Å². The van der Waals surface area contributed by atoms with Crippen molar-refractivity contribution in [2.24, 2.45) is 0 Å². The molecule has 45 heavy (non-hydrogen) atoms. The van der Waals surface area contributed by atoms with Crippen LogP contribution in [-0.2, 0) is 0 Å². The maximum absolute atomic E-state index is 12.6. The molecule has 15 heteroatoms. The second-order valence-corrected chi connectivity index (χ2v) is 11.1. The third-order valence-electron chi connectivity index (χ3n) is 6.57. The molecule has 226 valence electrons. The normalized spacial score (nSPS) is 10.7. The molecule has 0 saturated carbocycles. The highest BCUT2D eigenvalue weighted by Gasteiger charge is 2.23. The van der Waals surface area contributed by atoms with Crippen LogP contribution >= 0.6 is 47.0 Å². The Morgan fingerprint density at radius 1 is 0.667 bits per heavy atom. The Bertz CT molecular complexity index is 1930. The van der Waals surface area contributed by atoms with E-state index in [0.717, 1.165) is 21.9 Å². The second-order valence-electron chi connectivity index (χ2n) is 9.56. The van der Waals surface area contributed by atoms with Crippen molar-refractivity contribution in [2.75, 3.05) is 10.6 Å². The van der Waals surface area contributed by atoms with Crippen LogP contribution in [0.1, 0.15) is 0 Å². The molecule has 9 nitrogen and oxygen atoms in total. The summed E-state index contributed by atoms with van der Waals surface area (Å²) in [5.74, 6) is 0.709. The number of ether oxygens (including phenoxy) is 2. The van der Waals surface area contributed by atoms with Gasteiger partial charge in [0.05, 0.1) is 21.4 Å².